The van der Waals surface area contributed by atoms with Crippen molar-refractivity contribution in [2.75, 3.05) is 32.7 Å². The van der Waals surface area contributed by atoms with Crippen molar-refractivity contribution in [2.45, 2.75) is 45.1 Å². The summed E-state index contributed by atoms with van der Waals surface area (Å²) >= 11 is 0. The number of nitrogens with two attached hydrogens (primary N) is 1. The lowest BCUT2D eigenvalue weighted by Gasteiger charge is -2.44. The van der Waals surface area contributed by atoms with Crippen LogP contribution in [-0.2, 0) is 9.59 Å². The van der Waals surface area contributed by atoms with Crippen LogP contribution >= 0.6 is 0 Å². The van der Waals surface area contributed by atoms with E-state index in [2.05, 4.69) is 4.90 Å². The summed E-state index contributed by atoms with van der Waals surface area (Å²) in [6, 6.07) is 0. The minimum atomic E-state index is -0.762. The maximum atomic E-state index is 11.6. The van der Waals surface area contributed by atoms with E-state index in [-0.39, 0.29) is 11.8 Å². The lowest BCUT2D eigenvalue weighted by molar-refractivity contribution is -0.136. The Hall–Kier alpha value is -1.14. The Kier molecular flexibility index (Phi) is 4.58. The Morgan fingerprint density at radius 2 is 1.81 bits per heavy atom. The van der Waals surface area contributed by atoms with Gasteiger partial charge in [-0.1, -0.05) is 0 Å². The fraction of sp³-hybridized carbons (Fsp3) is 0.867. The van der Waals surface area contributed by atoms with Crippen molar-refractivity contribution in [3.63, 3.8) is 0 Å². The second kappa shape index (κ2) is 5.93. The molecular formula is C15H27N3O3. The second-order valence-corrected chi connectivity index (χ2v) is 6.97. The van der Waals surface area contributed by atoms with Crippen LogP contribution in [0.1, 0.15) is 39.5 Å². The number of rotatable bonds is 3. The van der Waals surface area contributed by atoms with Gasteiger partial charge in [0.05, 0.1) is 11.0 Å². The molecule has 2 amide bonds. The van der Waals surface area contributed by atoms with Crippen LogP contribution in [0.4, 0.5) is 0 Å². The molecule has 2 aliphatic heterocycles. The van der Waals surface area contributed by atoms with Crippen LogP contribution in [0.3, 0.4) is 0 Å². The third kappa shape index (κ3) is 3.74. The van der Waals surface area contributed by atoms with E-state index in [1.165, 1.54) is 0 Å². The summed E-state index contributed by atoms with van der Waals surface area (Å²) in [6.45, 7) is 6.74. The molecule has 0 spiro atoms. The number of likely N-dealkylation sites (tertiary alicyclic amines) is 2. The molecule has 0 unspecified atom stereocenters. The van der Waals surface area contributed by atoms with E-state index in [1.807, 2.05) is 6.92 Å². The molecule has 2 rings (SSSR count). The van der Waals surface area contributed by atoms with Gasteiger partial charge in [0.2, 0.25) is 11.8 Å². The maximum Gasteiger partial charge on any atom is 0.224 e. The third-order valence-electron chi connectivity index (χ3n) is 5.03. The van der Waals surface area contributed by atoms with E-state index >= 15 is 0 Å². The fourth-order valence-corrected chi connectivity index (χ4v) is 3.49. The number of hydrogen-bond donors (Lipinski definition) is 2. The van der Waals surface area contributed by atoms with Crippen molar-refractivity contribution >= 4 is 11.8 Å². The zero-order chi connectivity index (χ0) is 15.7. The Morgan fingerprint density at radius 3 is 2.33 bits per heavy atom. The van der Waals surface area contributed by atoms with Gasteiger partial charge in [-0.3, -0.25) is 14.5 Å². The lowest BCUT2D eigenvalue weighted by atomic mass is 9.80. The van der Waals surface area contributed by atoms with Gasteiger partial charge in [-0.25, -0.2) is 0 Å². The van der Waals surface area contributed by atoms with Crippen molar-refractivity contribution in [3.8, 4) is 0 Å². The zero-order valence-corrected chi connectivity index (χ0v) is 13.1. The first-order chi connectivity index (χ1) is 9.74. The molecule has 2 aliphatic rings. The highest BCUT2D eigenvalue weighted by Gasteiger charge is 2.40. The number of piperidine rings is 2. The Balaban J connectivity index is 1.92. The molecule has 0 aromatic heterocycles. The van der Waals surface area contributed by atoms with Crippen LogP contribution < -0.4 is 5.73 Å². The summed E-state index contributed by atoms with van der Waals surface area (Å²) in [5, 5.41) is 10.7. The molecular weight excluding hydrogens is 270 g/mol. The Labute approximate surface area is 126 Å². The molecule has 2 heterocycles. The molecule has 0 saturated carbocycles. The van der Waals surface area contributed by atoms with E-state index in [1.54, 1.807) is 11.8 Å². The Morgan fingerprint density at radius 1 is 1.19 bits per heavy atom. The molecule has 6 heteroatoms. The van der Waals surface area contributed by atoms with E-state index in [9.17, 15) is 14.7 Å². The maximum absolute atomic E-state index is 11.6. The summed E-state index contributed by atoms with van der Waals surface area (Å²) in [5.41, 5.74) is 4.26. The van der Waals surface area contributed by atoms with Gasteiger partial charge in [-0.15, -0.1) is 0 Å². The monoisotopic (exact) mass is 297 g/mol. The molecule has 2 fully saturated rings. The first-order valence-electron chi connectivity index (χ1n) is 7.74. The van der Waals surface area contributed by atoms with Crippen LogP contribution in [0.5, 0.6) is 0 Å². The molecule has 0 aromatic carbocycles. The molecule has 21 heavy (non-hydrogen) atoms. The van der Waals surface area contributed by atoms with E-state index in [0.717, 1.165) is 19.4 Å². The highest BCUT2D eigenvalue weighted by molar-refractivity contribution is 5.80. The summed E-state index contributed by atoms with van der Waals surface area (Å²) in [6.07, 6.45) is 2.93. The molecule has 0 radical (unpaired) electrons. The molecule has 1 atom stereocenters. The van der Waals surface area contributed by atoms with Gasteiger partial charge in [-0.05, 0) is 39.2 Å². The number of amides is 2. The van der Waals surface area contributed by atoms with Gasteiger partial charge in [-0.2, -0.15) is 0 Å². The normalized spacial score (nSPS) is 30.1. The second-order valence-electron chi connectivity index (χ2n) is 6.97. The van der Waals surface area contributed by atoms with Gasteiger partial charge >= 0.3 is 0 Å². The highest BCUT2D eigenvalue weighted by atomic mass is 16.3. The molecule has 0 aromatic rings. The molecule has 2 saturated heterocycles. The van der Waals surface area contributed by atoms with Crippen LogP contribution in [0.2, 0.25) is 0 Å². The highest BCUT2D eigenvalue weighted by Crippen LogP contribution is 2.31. The van der Waals surface area contributed by atoms with E-state index in [4.69, 9.17) is 5.73 Å². The number of hydrogen-bond acceptors (Lipinski definition) is 4. The summed E-state index contributed by atoms with van der Waals surface area (Å²) in [4.78, 5) is 26.9. The van der Waals surface area contributed by atoms with Crippen molar-refractivity contribution < 1.29 is 14.7 Å². The van der Waals surface area contributed by atoms with Gasteiger partial charge in [0.1, 0.15) is 0 Å². The number of carbonyl (C=O) groups is 2. The first-order valence-corrected chi connectivity index (χ1v) is 7.74. The number of primary amides is 1. The zero-order valence-electron chi connectivity index (χ0n) is 13.1. The molecule has 0 aliphatic carbocycles. The molecule has 6 nitrogen and oxygen atoms in total. The molecule has 0 bridgehead atoms. The standard InChI is InChI=1S/C15H27N3O3/c1-12(19)18-8-5-15(21,6-9-18)11-17-7-3-4-14(2,10-17)13(16)20/h21H,3-11H2,1-2H3,(H2,16,20)/t14-/m1/s1. The topological polar surface area (TPSA) is 86.9 Å². The van der Waals surface area contributed by atoms with Crippen molar-refractivity contribution in [3.05, 3.63) is 0 Å². The average Bonchev–Trinajstić information content (AvgIpc) is 2.38. The molecule has 120 valence electrons. The smallest absolute Gasteiger partial charge is 0.224 e. The predicted octanol–water partition coefficient (Wildman–Crippen LogP) is -0.0528. The van der Waals surface area contributed by atoms with Crippen LogP contribution in [-0.4, -0.2) is 65.0 Å². The summed E-state index contributed by atoms with van der Waals surface area (Å²) in [7, 11) is 0. The Bertz CT molecular complexity index is 418. The third-order valence-corrected chi connectivity index (χ3v) is 5.03. The molecule has 3 N–H and O–H groups in total. The number of carbonyl (C=O) groups excluding carboxylic acids is 2. The number of nitrogens with zero attached hydrogens (tertiary/aromatic N) is 2. The van der Waals surface area contributed by atoms with Gasteiger partial charge in [0.25, 0.3) is 0 Å². The van der Waals surface area contributed by atoms with Gasteiger partial charge < -0.3 is 15.7 Å². The SMILES string of the molecule is CC(=O)N1CCC(O)(CN2CCC[C@@](C)(C(N)=O)C2)CC1. The van der Waals surface area contributed by atoms with Crippen LogP contribution in [0.15, 0.2) is 0 Å². The largest absolute Gasteiger partial charge is 0.388 e. The lowest BCUT2D eigenvalue weighted by Crippen LogP contribution is -2.56. The van der Waals surface area contributed by atoms with Gasteiger partial charge in [0, 0.05) is 33.1 Å². The quantitative estimate of drug-likeness (QED) is 0.764. The summed E-state index contributed by atoms with van der Waals surface area (Å²) < 4.78 is 0. The van der Waals surface area contributed by atoms with Gasteiger partial charge in [0.15, 0.2) is 0 Å². The first kappa shape index (κ1) is 16.2. The van der Waals surface area contributed by atoms with Crippen LogP contribution in [0, 0.1) is 5.41 Å². The minimum Gasteiger partial charge on any atom is -0.388 e. The van der Waals surface area contributed by atoms with E-state index in [0.29, 0.717) is 39.0 Å². The number of aliphatic hydroxyl groups is 1. The van der Waals surface area contributed by atoms with Crippen molar-refractivity contribution in [2.24, 2.45) is 11.1 Å². The predicted molar refractivity (Wildman–Crippen MR) is 79.4 cm³/mol. The number of β-amino-alcohol motifs (C(OH)–C–C–N with tert-alkyl or cyclic N) is 1. The van der Waals surface area contributed by atoms with Crippen molar-refractivity contribution in [1.29, 1.82) is 0 Å². The van der Waals surface area contributed by atoms with Crippen molar-refractivity contribution in [1.82, 2.24) is 9.80 Å². The summed E-state index contributed by atoms with van der Waals surface area (Å²) in [5.74, 6) is -0.193. The van der Waals surface area contributed by atoms with E-state index < -0.39 is 11.0 Å². The fourth-order valence-electron chi connectivity index (χ4n) is 3.49. The van der Waals surface area contributed by atoms with Crippen LogP contribution in [0.25, 0.3) is 0 Å². The minimum absolute atomic E-state index is 0.0660. The average molecular weight is 297 g/mol.